The summed E-state index contributed by atoms with van der Waals surface area (Å²) < 4.78 is 24.8. The average Bonchev–Trinajstić information content (AvgIpc) is 2.28. The topological polar surface area (TPSA) is 49.3 Å². The maximum absolute atomic E-state index is 12.9. The van der Waals surface area contributed by atoms with Gasteiger partial charge in [0.2, 0.25) is 0 Å². The molecule has 1 rings (SSSR count). The zero-order chi connectivity index (χ0) is 12.0. The Morgan fingerprint density at radius 2 is 2.31 bits per heavy atom. The Morgan fingerprint density at radius 1 is 1.56 bits per heavy atom. The van der Waals surface area contributed by atoms with Crippen LogP contribution in [-0.4, -0.2) is 34.8 Å². The summed E-state index contributed by atoms with van der Waals surface area (Å²) in [5.74, 6) is -0.00503. The number of aliphatic hydroxyl groups is 1. The van der Waals surface area contributed by atoms with E-state index < -0.39 is 10.8 Å². The molecule has 1 aromatic rings. The van der Waals surface area contributed by atoms with E-state index in [2.05, 4.69) is 5.32 Å². The van der Waals surface area contributed by atoms with Crippen LogP contribution in [0.1, 0.15) is 6.42 Å². The summed E-state index contributed by atoms with van der Waals surface area (Å²) in [7, 11) is 0.514. The van der Waals surface area contributed by atoms with Crippen LogP contribution in [0.5, 0.6) is 0 Å². The summed E-state index contributed by atoms with van der Waals surface area (Å²) in [6, 6.07) is 5.77. The molecule has 90 valence electrons. The zero-order valence-corrected chi connectivity index (χ0v) is 9.97. The fraction of sp³-hybridized carbons (Fsp3) is 0.455. The predicted molar refractivity (Wildman–Crippen MR) is 62.2 cm³/mol. The molecule has 2 N–H and O–H groups in total. The Hall–Kier alpha value is -0.780. The van der Waals surface area contributed by atoms with E-state index in [9.17, 15) is 8.60 Å². The molecule has 0 aliphatic rings. The van der Waals surface area contributed by atoms with Crippen LogP contribution in [-0.2, 0) is 10.8 Å². The molecule has 0 fully saturated rings. The molecular formula is C11H16FNO2S. The minimum Gasteiger partial charge on any atom is -0.396 e. The van der Waals surface area contributed by atoms with E-state index in [-0.39, 0.29) is 18.5 Å². The lowest BCUT2D eigenvalue weighted by molar-refractivity contribution is 0.272. The number of aliphatic hydroxyl groups excluding tert-OH is 1. The molecule has 0 aliphatic carbocycles. The van der Waals surface area contributed by atoms with E-state index in [1.165, 1.54) is 12.1 Å². The second kappa shape index (κ2) is 6.73. The van der Waals surface area contributed by atoms with Crippen LogP contribution in [0.25, 0.3) is 0 Å². The van der Waals surface area contributed by atoms with Crippen LogP contribution in [0, 0.1) is 5.82 Å². The van der Waals surface area contributed by atoms with Crippen LogP contribution < -0.4 is 5.32 Å². The summed E-state index contributed by atoms with van der Waals surface area (Å²) in [6.45, 7) is 0.0475. The molecule has 2 atom stereocenters. The number of hydrogen-bond donors (Lipinski definition) is 2. The monoisotopic (exact) mass is 245 g/mol. The number of halogens is 1. The van der Waals surface area contributed by atoms with E-state index in [0.29, 0.717) is 17.1 Å². The van der Waals surface area contributed by atoms with Crippen molar-refractivity contribution in [3.05, 3.63) is 30.1 Å². The molecule has 0 radical (unpaired) electrons. The first-order valence-electron chi connectivity index (χ1n) is 5.09. The molecule has 16 heavy (non-hydrogen) atoms. The first kappa shape index (κ1) is 13.3. The minimum atomic E-state index is -1.24. The number of nitrogens with one attached hydrogen (secondary N) is 1. The highest BCUT2D eigenvalue weighted by Gasteiger charge is 2.12. The lowest BCUT2D eigenvalue weighted by atomic mass is 10.2. The average molecular weight is 245 g/mol. The van der Waals surface area contributed by atoms with E-state index >= 15 is 0 Å². The molecular weight excluding hydrogens is 229 g/mol. The number of hydrogen-bond acceptors (Lipinski definition) is 3. The largest absolute Gasteiger partial charge is 0.396 e. The molecule has 0 aliphatic heterocycles. The fourth-order valence-corrected chi connectivity index (χ4v) is 2.72. The Kier molecular flexibility index (Phi) is 5.59. The smallest absolute Gasteiger partial charge is 0.124 e. The van der Waals surface area contributed by atoms with Crippen molar-refractivity contribution in [1.82, 2.24) is 5.32 Å². The van der Waals surface area contributed by atoms with Gasteiger partial charge in [-0.15, -0.1) is 0 Å². The summed E-state index contributed by atoms with van der Waals surface area (Å²) in [5, 5.41) is 11.8. The lowest BCUT2D eigenvalue weighted by Gasteiger charge is -2.14. The van der Waals surface area contributed by atoms with Gasteiger partial charge in [0, 0.05) is 23.3 Å². The van der Waals surface area contributed by atoms with Crippen LogP contribution in [0.4, 0.5) is 4.39 Å². The third-order valence-corrected chi connectivity index (χ3v) is 3.78. The van der Waals surface area contributed by atoms with Gasteiger partial charge in [-0.3, -0.25) is 4.21 Å². The summed E-state index contributed by atoms with van der Waals surface area (Å²) in [5.41, 5.74) is 0. The molecule has 2 unspecified atom stereocenters. The Balaban J connectivity index is 2.64. The molecule has 5 heteroatoms. The van der Waals surface area contributed by atoms with Crippen molar-refractivity contribution < 1.29 is 13.7 Å². The maximum atomic E-state index is 12.9. The van der Waals surface area contributed by atoms with Gasteiger partial charge < -0.3 is 10.4 Å². The molecule has 0 bridgehead atoms. The second-order valence-electron chi connectivity index (χ2n) is 3.47. The predicted octanol–water partition coefficient (Wildman–Crippen LogP) is 0.904. The summed E-state index contributed by atoms with van der Waals surface area (Å²) in [6.07, 6.45) is 0.539. The highest BCUT2D eigenvalue weighted by Crippen LogP contribution is 2.10. The standard InChI is InChI=1S/C11H16FNO2S/c1-13-10(5-6-14)8-16(15)11-4-2-3-9(12)7-11/h2-4,7,10,13-14H,5-6,8H2,1H3. The summed E-state index contributed by atoms with van der Waals surface area (Å²) in [4.78, 5) is 0.484. The Morgan fingerprint density at radius 3 is 2.88 bits per heavy atom. The van der Waals surface area contributed by atoms with Crippen molar-refractivity contribution in [2.24, 2.45) is 0 Å². The molecule has 1 aromatic carbocycles. The van der Waals surface area contributed by atoms with Gasteiger partial charge in [-0.05, 0) is 31.7 Å². The number of rotatable bonds is 6. The molecule has 0 saturated carbocycles. The summed E-state index contributed by atoms with van der Waals surface area (Å²) >= 11 is 0. The Labute approximate surface area is 97.1 Å². The van der Waals surface area contributed by atoms with Gasteiger partial charge in [0.1, 0.15) is 5.82 Å². The van der Waals surface area contributed by atoms with E-state index in [1.54, 1.807) is 19.2 Å². The SMILES string of the molecule is CNC(CCO)CS(=O)c1cccc(F)c1. The minimum absolute atomic E-state index is 0.0194. The van der Waals surface area contributed by atoms with Crippen molar-refractivity contribution in [1.29, 1.82) is 0 Å². The zero-order valence-electron chi connectivity index (χ0n) is 9.15. The van der Waals surface area contributed by atoms with E-state index in [4.69, 9.17) is 5.11 Å². The Bertz CT molecular complexity index is 360. The van der Waals surface area contributed by atoms with Gasteiger partial charge >= 0.3 is 0 Å². The van der Waals surface area contributed by atoms with Crippen molar-refractivity contribution in [2.75, 3.05) is 19.4 Å². The van der Waals surface area contributed by atoms with Crippen LogP contribution in [0.2, 0.25) is 0 Å². The first-order valence-corrected chi connectivity index (χ1v) is 6.41. The van der Waals surface area contributed by atoms with Crippen molar-refractivity contribution in [3.8, 4) is 0 Å². The van der Waals surface area contributed by atoms with Crippen molar-refractivity contribution >= 4 is 10.8 Å². The molecule has 0 heterocycles. The highest BCUT2D eigenvalue weighted by atomic mass is 32.2. The first-order chi connectivity index (χ1) is 7.67. The van der Waals surface area contributed by atoms with Crippen molar-refractivity contribution in [2.45, 2.75) is 17.4 Å². The fourth-order valence-electron chi connectivity index (χ4n) is 1.35. The third kappa shape index (κ3) is 4.00. The van der Waals surface area contributed by atoms with Gasteiger partial charge in [0.25, 0.3) is 0 Å². The molecule has 3 nitrogen and oxygen atoms in total. The van der Waals surface area contributed by atoms with Gasteiger partial charge in [0.15, 0.2) is 0 Å². The second-order valence-corrected chi connectivity index (χ2v) is 4.96. The molecule has 0 saturated heterocycles. The molecule has 0 amide bonds. The molecule has 0 aromatic heterocycles. The molecule has 0 spiro atoms. The van der Waals surface area contributed by atoms with E-state index in [0.717, 1.165) is 0 Å². The quantitative estimate of drug-likeness (QED) is 0.783. The van der Waals surface area contributed by atoms with E-state index in [1.807, 2.05) is 0 Å². The van der Waals surface area contributed by atoms with Gasteiger partial charge in [-0.1, -0.05) is 6.07 Å². The van der Waals surface area contributed by atoms with Crippen LogP contribution in [0.3, 0.4) is 0 Å². The lowest BCUT2D eigenvalue weighted by Crippen LogP contribution is -2.32. The van der Waals surface area contributed by atoms with Crippen molar-refractivity contribution in [3.63, 3.8) is 0 Å². The maximum Gasteiger partial charge on any atom is 0.124 e. The van der Waals surface area contributed by atoms with Gasteiger partial charge in [0.05, 0.1) is 10.8 Å². The highest BCUT2D eigenvalue weighted by molar-refractivity contribution is 7.85. The number of benzene rings is 1. The third-order valence-electron chi connectivity index (χ3n) is 2.30. The van der Waals surface area contributed by atoms with Crippen LogP contribution >= 0.6 is 0 Å². The van der Waals surface area contributed by atoms with Crippen LogP contribution in [0.15, 0.2) is 29.2 Å². The normalized spacial score (nSPS) is 14.7. The van der Waals surface area contributed by atoms with Gasteiger partial charge in [-0.2, -0.15) is 0 Å². The van der Waals surface area contributed by atoms with Gasteiger partial charge in [-0.25, -0.2) is 4.39 Å².